The molecule has 1 aromatic heterocycles. The van der Waals surface area contributed by atoms with E-state index in [9.17, 15) is 0 Å². The standard InChI is InChI=1S/C18H23N5/c1-3-7-19-17-13-18(21-14-20-17)23-10-8-22(9-11-23)16-6-4-5-15(2)12-16/h3-6,12-14H,1,7-11H2,2H3,(H,19,20,21). The molecule has 1 saturated heterocycles. The minimum absolute atomic E-state index is 0.706. The van der Waals surface area contributed by atoms with Crippen LogP contribution in [-0.4, -0.2) is 42.7 Å². The number of rotatable bonds is 5. The van der Waals surface area contributed by atoms with E-state index in [-0.39, 0.29) is 0 Å². The van der Waals surface area contributed by atoms with E-state index in [4.69, 9.17) is 0 Å². The summed E-state index contributed by atoms with van der Waals surface area (Å²) in [5, 5.41) is 3.21. The van der Waals surface area contributed by atoms with Gasteiger partial charge in [0.1, 0.15) is 18.0 Å². The number of aryl methyl sites for hydroxylation is 1. The predicted octanol–water partition coefficient (Wildman–Crippen LogP) is 2.71. The van der Waals surface area contributed by atoms with Crippen molar-refractivity contribution in [3.63, 3.8) is 0 Å². The zero-order valence-electron chi connectivity index (χ0n) is 13.6. The molecule has 120 valence electrons. The van der Waals surface area contributed by atoms with Crippen molar-refractivity contribution in [2.75, 3.05) is 47.8 Å². The molecule has 0 amide bonds. The van der Waals surface area contributed by atoms with Gasteiger partial charge in [-0.2, -0.15) is 0 Å². The number of hydrogen-bond acceptors (Lipinski definition) is 5. The minimum Gasteiger partial charge on any atom is -0.368 e. The molecule has 5 heteroatoms. The number of anilines is 3. The van der Waals surface area contributed by atoms with Crippen molar-refractivity contribution in [2.24, 2.45) is 0 Å². The van der Waals surface area contributed by atoms with Crippen molar-refractivity contribution < 1.29 is 0 Å². The van der Waals surface area contributed by atoms with Crippen LogP contribution in [0.5, 0.6) is 0 Å². The van der Waals surface area contributed by atoms with Gasteiger partial charge in [0.25, 0.3) is 0 Å². The zero-order valence-corrected chi connectivity index (χ0v) is 13.6. The first-order valence-corrected chi connectivity index (χ1v) is 7.99. The summed E-state index contributed by atoms with van der Waals surface area (Å²) >= 11 is 0. The van der Waals surface area contributed by atoms with Gasteiger partial charge in [-0.1, -0.05) is 18.2 Å². The second kappa shape index (κ2) is 7.13. The van der Waals surface area contributed by atoms with Crippen molar-refractivity contribution in [2.45, 2.75) is 6.92 Å². The Morgan fingerprint density at radius 1 is 1.13 bits per heavy atom. The predicted molar refractivity (Wildman–Crippen MR) is 96.3 cm³/mol. The first-order chi connectivity index (χ1) is 11.3. The van der Waals surface area contributed by atoms with E-state index in [1.165, 1.54) is 11.3 Å². The Hall–Kier alpha value is -2.56. The largest absolute Gasteiger partial charge is 0.368 e. The van der Waals surface area contributed by atoms with Gasteiger partial charge in [-0.3, -0.25) is 0 Å². The van der Waals surface area contributed by atoms with Gasteiger partial charge >= 0.3 is 0 Å². The van der Waals surface area contributed by atoms with Crippen LogP contribution in [0.4, 0.5) is 17.3 Å². The summed E-state index contributed by atoms with van der Waals surface area (Å²) < 4.78 is 0. The van der Waals surface area contributed by atoms with Gasteiger partial charge in [-0.05, 0) is 24.6 Å². The lowest BCUT2D eigenvalue weighted by molar-refractivity contribution is 0.647. The lowest BCUT2D eigenvalue weighted by atomic mass is 10.2. The van der Waals surface area contributed by atoms with Crippen LogP contribution in [0, 0.1) is 6.92 Å². The molecule has 23 heavy (non-hydrogen) atoms. The smallest absolute Gasteiger partial charge is 0.134 e. The van der Waals surface area contributed by atoms with Crippen LogP contribution in [0.3, 0.4) is 0 Å². The number of piperazine rings is 1. The molecule has 0 saturated carbocycles. The number of aromatic nitrogens is 2. The maximum atomic E-state index is 4.41. The average molecular weight is 309 g/mol. The third-order valence-corrected chi connectivity index (χ3v) is 4.05. The quantitative estimate of drug-likeness (QED) is 0.860. The van der Waals surface area contributed by atoms with Crippen LogP contribution in [0.1, 0.15) is 5.56 Å². The molecule has 0 radical (unpaired) electrons. The maximum absolute atomic E-state index is 4.41. The van der Waals surface area contributed by atoms with Gasteiger partial charge in [0.2, 0.25) is 0 Å². The van der Waals surface area contributed by atoms with Gasteiger partial charge in [0.05, 0.1) is 0 Å². The van der Waals surface area contributed by atoms with Gasteiger partial charge in [-0.15, -0.1) is 6.58 Å². The monoisotopic (exact) mass is 309 g/mol. The molecule has 3 rings (SSSR count). The number of nitrogens with one attached hydrogen (secondary N) is 1. The normalized spacial score (nSPS) is 14.7. The molecular weight excluding hydrogens is 286 g/mol. The highest BCUT2D eigenvalue weighted by molar-refractivity contribution is 5.53. The molecule has 1 aliphatic heterocycles. The van der Waals surface area contributed by atoms with Gasteiger partial charge in [0, 0.05) is 44.5 Å². The molecule has 5 nitrogen and oxygen atoms in total. The number of nitrogens with zero attached hydrogens (tertiary/aromatic N) is 4. The SMILES string of the molecule is C=CCNc1cc(N2CCN(c3cccc(C)c3)CC2)ncn1. The molecule has 1 N–H and O–H groups in total. The van der Waals surface area contributed by atoms with E-state index >= 15 is 0 Å². The first kappa shape index (κ1) is 15.3. The van der Waals surface area contributed by atoms with Crippen LogP contribution in [0.2, 0.25) is 0 Å². The highest BCUT2D eigenvalue weighted by atomic mass is 15.3. The van der Waals surface area contributed by atoms with Crippen molar-refractivity contribution >= 4 is 17.3 Å². The van der Waals surface area contributed by atoms with Crippen LogP contribution >= 0.6 is 0 Å². The van der Waals surface area contributed by atoms with Crippen molar-refractivity contribution in [1.82, 2.24) is 9.97 Å². The Kier molecular flexibility index (Phi) is 4.76. The van der Waals surface area contributed by atoms with Crippen LogP contribution < -0.4 is 15.1 Å². The number of benzene rings is 1. The molecule has 0 atom stereocenters. The summed E-state index contributed by atoms with van der Waals surface area (Å²) in [6.45, 7) is 10.5. The molecule has 0 spiro atoms. The second-order valence-corrected chi connectivity index (χ2v) is 5.74. The van der Waals surface area contributed by atoms with Crippen LogP contribution in [0.15, 0.2) is 49.3 Å². The molecule has 1 aromatic carbocycles. The fourth-order valence-electron chi connectivity index (χ4n) is 2.81. The van der Waals surface area contributed by atoms with Crippen molar-refractivity contribution in [1.29, 1.82) is 0 Å². The van der Waals surface area contributed by atoms with Crippen LogP contribution in [0.25, 0.3) is 0 Å². The maximum Gasteiger partial charge on any atom is 0.134 e. The zero-order chi connectivity index (χ0) is 16.1. The molecule has 0 unspecified atom stereocenters. The van der Waals surface area contributed by atoms with E-state index < -0.39 is 0 Å². The average Bonchev–Trinajstić information content (AvgIpc) is 2.60. The summed E-state index contributed by atoms with van der Waals surface area (Å²) in [6.07, 6.45) is 3.44. The Morgan fingerprint density at radius 2 is 1.91 bits per heavy atom. The highest BCUT2D eigenvalue weighted by Gasteiger charge is 2.18. The third-order valence-electron chi connectivity index (χ3n) is 4.05. The Labute approximate surface area is 137 Å². The summed E-state index contributed by atoms with van der Waals surface area (Å²) in [5.41, 5.74) is 2.61. The summed E-state index contributed by atoms with van der Waals surface area (Å²) in [7, 11) is 0. The molecule has 0 bridgehead atoms. The summed E-state index contributed by atoms with van der Waals surface area (Å²) in [5.74, 6) is 1.83. The molecule has 2 aromatic rings. The molecule has 1 fully saturated rings. The van der Waals surface area contributed by atoms with Gasteiger partial charge in [0.15, 0.2) is 0 Å². The summed E-state index contributed by atoms with van der Waals surface area (Å²) in [4.78, 5) is 13.4. The lowest BCUT2D eigenvalue weighted by Gasteiger charge is -2.36. The van der Waals surface area contributed by atoms with E-state index in [1.54, 1.807) is 6.33 Å². The van der Waals surface area contributed by atoms with Crippen molar-refractivity contribution in [3.05, 3.63) is 54.9 Å². The van der Waals surface area contributed by atoms with E-state index in [1.807, 2.05) is 12.1 Å². The lowest BCUT2D eigenvalue weighted by Crippen LogP contribution is -2.46. The van der Waals surface area contributed by atoms with Crippen LogP contribution in [-0.2, 0) is 0 Å². The highest BCUT2D eigenvalue weighted by Crippen LogP contribution is 2.21. The Balaban J connectivity index is 1.63. The molecule has 1 aliphatic rings. The summed E-state index contributed by atoms with van der Waals surface area (Å²) in [6, 6.07) is 10.7. The fourth-order valence-corrected chi connectivity index (χ4v) is 2.81. The van der Waals surface area contributed by atoms with Gasteiger partial charge in [-0.25, -0.2) is 9.97 Å². The minimum atomic E-state index is 0.706. The second-order valence-electron chi connectivity index (χ2n) is 5.74. The van der Waals surface area contributed by atoms with E-state index in [2.05, 4.69) is 62.9 Å². The van der Waals surface area contributed by atoms with E-state index in [0.717, 1.165) is 37.8 Å². The molecular formula is C18H23N5. The Morgan fingerprint density at radius 3 is 2.65 bits per heavy atom. The molecule has 2 heterocycles. The molecule has 0 aliphatic carbocycles. The Bertz CT molecular complexity index is 662. The number of hydrogen-bond donors (Lipinski definition) is 1. The van der Waals surface area contributed by atoms with Crippen molar-refractivity contribution in [3.8, 4) is 0 Å². The topological polar surface area (TPSA) is 44.3 Å². The van der Waals surface area contributed by atoms with Gasteiger partial charge < -0.3 is 15.1 Å². The fraction of sp³-hybridized carbons (Fsp3) is 0.333. The third kappa shape index (κ3) is 3.80. The first-order valence-electron chi connectivity index (χ1n) is 7.99. The van der Waals surface area contributed by atoms with E-state index in [0.29, 0.717) is 6.54 Å².